The van der Waals surface area contributed by atoms with Crippen molar-refractivity contribution in [1.82, 2.24) is 15.6 Å². The lowest BCUT2D eigenvalue weighted by atomic mass is 9.97. The van der Waals surface area contributed by atoms with Gasteiger partial charge in [-0.15, -0.1) is 0 Å². The lowest BCUT2D eigenvalue weighted by Gasteiger charge is -2.36. The topological polar surface area (TPSA) is 101 Å². The fraction of sp³-hybridized carbons (Fsp3) is 0.632. The van der Waals surface area contributed by atoms with Gasteiger partial charge in [-0.1, -0.05) is 0 Å². The molecule has 7 nitrogen and oxygen atoms in total. The van der Waals surface area contributed by atoms with Crippen LogP contribution in [-0.2, 0) is 20.7 Å². The molecule has 2 aliphatic rings. The average Bonchev–Trinajstić information content (AvgIpc) is 3.49. The molecule has 3 atom stereocenters. The Morgan fingerprint density at radius 2 is 1.96 bits per heavy atom. The first-order chi connectivity index (χ1) is 12.7. The molecule has 1 aromatic heterocycles. The van der Waals surface area contributed by atoms with E-state index in [0.29, 0.717) is 19.4 Å². The zero-order valence-electron chi connectivity index (χ0n) is 14.9. The molecule has 1 aromatic rings. The van der Waals surface area contributed by atoms with Crippen molar-refractivity contribution in [3.05, 3.63) is 30.1 Å². The number of hydrogen-bond donors (Lipinski definition) is 3. The molecule has 0 bridgehead atoms. The summed E-state index contributed by atoms with van der Waals surface area (Å²) in [5, 5.41) is 15.5. The SMILES string of the molecule is O=C(Cc1ccncc1)NCC[C@H]1CC[C@H](NC(=O)C2CC2)[C@@H](CO)O1. The first kappa shape index (κ1) is 18.8. The molecule has 2 fully saturated rings. The summed E-state index contributed by atoms with van der Waals surface area (Å²) in [4.78, 5) is 27.8. The number of rotatable bonds is 8. The Kier molecular flexibility index (Phi) is 6.57. The van der Waals surface area contributed by atoms with Crippen LogP contribution in [0.25, 0.3) is 0 Å². The summed E-state index contributed by atoms with van der Waals surface area (Å²) in [5.74, 6) is 0.210. The summed E-state index contributed by atoms with van der Waals surface area (Å²) in [6.07, 6.45) is 7.52. The maximum atomic E-state index is 12.0. The summed E-state index contributed by atoms with van der Waals surface area (Å²) < 4.78 is 5.93. The molecule has 0 unspecified atom stereocenters. The lowest BCUT2D eigenvalue weighted by molar-refractivity contribution is -0.130. The van der Waals surface area contributed by atoms with E-state index in [1.165, 1.54) is 0 Å². The van der Waals surface area contributed by atoms with Crippen LogP contribution in [0.2, 0.25) is 0 Å². The van der Waals surface area contributed by atoms with Crippen molar-refractivity contribution in [2.45, 2.75) is 56.8 Å². The van der Waals surface area contributed by atoms with Crippen LogP contribution in [0.3, 0.4) is 0 Å². The fourth-order valence-electron chi connectivity index (χ4n) is 3.28. The second kappa shape index (κ2) is 9.09. The van der Waals surface area contributed by atoms with Gasteiger partial charge in [0.1, 0.15) is 6.10 Å². The molecule has 26 heavy (non-hydrogen) atoms. The second-order valence-corrected chi connectivity index (χ2v) is 7.12. The first-order valence-electron chi connectivity index (χ1n) is 9.38. The van der Waals surface area contributed by atoms with Gasteiger partial charge in [0, 0.05) is 24.9 Å². The highest BCUT2D eigenvalue weighted by atomic mass is 16.5. The summed E-state index contributed by atoms with van der Waals surface area (Å²) in [7, 11) is 0. The number of nitrogens with zero attached hydrogens (tertiary/aromatic N) is 1. The van der Waals surface area contributed by atoms with Crippen LogP contribution in [0.5, 0.6) is 0 Å². The van der Waals surface area contributed by atoms with Gasteiger partial charge in [-0.05, 0) is 49.8 Å². The van der Waals surface area contributed by atoms with Crippen molar-refractivity contribution in [2.24, 2.45) is 5.92 Å². The summed E-state index contributed by atoms with van der Waals surface area (Å²) in [6.45, 7) is 0.423. The van der Waals surface area contributed by atoms with Crippen molar-refractivity contribution < 1.29 is 19.4 Å². The normalized spacial score (nSPS) is 25.5. The van der Waals surface area contributed by atoms with Crippen molar-refractivity contribution in [1.29, 1.82) is 0 Å². The molecule has 3 rings (SSSR count). The van der Waals surface area contributed by atoms with Gasteiger partial charge in [0.25, 0.3) is 0 Å². The lowest BCUT2D eigenvalue weighted by Crippen LogP contribution is -2.51. The van der Waals surface area contributed by atoms with E-state index in [-0.39, 0.29) is 42.6 Å². The van der Waals surface area contributed by atoms with Gasteiger partial charge < -0.3 is 20.5 Å². The minimum Gasteiger partial charge on any atom is -0.394 e. The standard InChI is InChI=1S/C19H27N3O4/c23-12-17-16(22-19(25)14-1-2-14)4-3-15(26-17)7-10-21-18(24)11-13-5-8-20-9-6-13/h5-6,8-9,14-17,23H,1-4,7,10-12H2,(H,21,24)(H,22,25)/t15-,16+,17-/m1/s1. The fourth-order valence-corrected chi connectivity index (χ4v) is 3.28. The molecule has 1 aliphatic heterocycles. The van der Waals surface area contributed by atoms with Gasteiger partial charge in [-0.3, -0.25) is 14.6 Å². The highest BCUT2D eigenvalue weighted by Gasteiger charge is 2.36. The molecular formula is C19H27N3O4. The number of aliphatic hydroxyl groups excluding tert-OH is 1. The van der Waals surface area contributed by atoms with E-state index in [2.05, 4.69) is 15.6 Å². The molecule has 1 saturated heterocycles. The summed E-state index contributed by atoms with van der Waals surface area (Å²) in [5.41, 5.74) is 0.931. The molecule has 2 heterocycles. The van der Waals surface area contributed by atoms with Crippen molar-refractivity contribution in [3.63, 3.8) is 0 Å². The van der Waals surface area contributed by atoms with Crippen LogP contribution < -0.4 is 10.6 Å². The number of amides is 2. The number of hydrogen-bond acceptors (Lipinski definition) is 5. The Hall–Kier alpha value is -1.99. The Balaban J connectivity index is 1.36. The van der Waals surface area contributed by atoms with Crippen molar-refractivity contribution in [2.75, 3.05) is 13.2 Å². The molecular weight excluding hydrogens is 334 g/mol. The van der Waals surface area contributed by atoms with Crippen LogP contribution in [0.4, 0.5) is 0 Å². The van der Waals surface area contributed by atoms with Crippen molar-refractivity contribution in [3.8, 4) is 0 Å². The van der Waals surface area contributed by atoms with Gasteiger partial charge in [0.2, 0.25) is 11.8 Å². The number of ether oxygens (including phenoxy) is 1. The second-order valence-electron chi connectivity index (χ2n) is 7.12. The molecule has 0 radical (unpaired) electrons. The van der Waals surface area contributed by atoms with Gasteiger partial charge in [0.05, 0.1) is 25.2 Å². The smallest absolute Gasteiger partial charge is 0.224 e. The molecule has 0 spiro atoms. The molecule has 3 N–H and O–H groups in total. The number of carbonyl (C=O) groups excluding carboxylic acids is 2. The molecule has 142 valence electrons. The van der Waals surface area contributed by atoms with E-state index >= 15 is 0 Å². The first-order valence-corrected chi connectivity index (χ1v) is 9.38. The quantitative estimate of drug-likeness (QED) is 0.628. The number of nitrogens with one attached hydrogen (secondary N) is 2. The number of aliphatic hydroxyl groups is 1. The van der Waals surface area contributed by atoms with E-state index in [0.717, 1.165) is 31.2 Å². The Labute approximate surface area is 153 Å². The van der Waals surface area contributed by atoms with Crippen LogP contribution in [0.1, 0.15) is 37.7 Å². The molecule has 1 saturated carbocycles. The molecule has 7 heteroatoms. The van der Waals surface area contributed by atoms with E-state index in [1.807, 2.05) is 12.1 Å². The third-order valence-electron chi connectivity index (χ3n) is 4.97. The maximum absolute atomic E-state index is 12.0. The third-order valence-corrected chi connectivity index (χ3v) is 4.97. The van der Waals surface area contributed by atoms with Gasteiger partial charge in [0.15, 0.2) is 0 Å². The Bertz CT molecular complexity index is 606. The van der Waals surface area contributed by atoms with Gasteiger partial charge >= 0.3 is 0 Å². The zero-order chi connectivity index (χ0) is 18.4. The maximum Gasteiger partial charge on any atom is 0.224 e. The zero-order valence-corrected chi connectivity index (χ0v) is 14.9. The van der Waals surface area contributed by atoms with E-state index in [9.17, 15) is 14.7 Å². The van der Waals surface area contributed by atoms with Crippen LogP contribution in [-0.4, -0.2) is 53.3 Å². The van der Waals surface area contributed by atoms with Crippen LogP contribution in [0.15, 0.2) is 24.5 Å². The Morgan fingerprint density at radius 1 is 1.19 bits per heavy atom. The van der Waals surface area contributed by atoms with Crippen LogP contribution in [0, 0.1) is 5.92 Å². The number of carbonyl (C=O) groups is 2. The van der Waals surface area contributed by atoms with E-state index in [4.69, 9.17) is 4.74 Å². The summed E-state index contributed by atoms with van der Waals surface area (Å²) >= 11 is 0. The van der Waals surface area contributed by atoms with E-state index < -0.39 is 0 Å². The van der Waals surface area contributed by atoms with E-state index in [1.54, 1.807) is 12.4 Å². The predicted octanol–water partition coefficient (Wildman–Crippen LogP) is 0.565. The highest BCUT2D eigenvalue weighted by Crippen LogP contribution is 2.30. The Morgan fingerprint density at radius 3 is 2.65 bits per heavy atom. The number of aromatic nitrogens is 1. The molecule has 1 aliphatic carbocycles. The number of pyridine rings is 1. The predicted molar refractivity (Wildman–Crippen MR) is 95.2 cm³/mol. The highest BCUT2D eigenvalue weighted by molar-refractivity contribution is 5.81. The van der Waals surface area contributed by atoms with Crippen molar-refractivity contribution >= 4 is 11.8 Å². The largest absolute Gasteiger partial charge is 0.394 e. The van der Waals surface area contributed by atoms with Gasteiger partial charge in [-0.2, -0.15) is 0 Å². The minimum atomic E-state index is -0.371. The van der Waals surface area contributed by atoms with Crippen LogP contribution >= 0.6 is 0 Å². The minimum absolute atomic E-state index is 0.0116. The third kappa shape index (κ3) is 5.51. The average molecular weight is 361 g/mol. The summed E-state index contributed by atoms with van der Waals surface area (Å²) in [6, 6.07) is 3.53. The van der Waals surface area contributed by atoms with Gasteiger partial charge in [-0.25, -0.2) is 0 Å². The monoisotopic (exact) mass is 361 g/mol. The molecule has 0 aromatic carbocycles. The molecule has 2 amide bonds.